The smallest absolute Gasteiger partial charge is 0.303 e. The molecule has 2 unspecified atom stereocenters. The number of ketones is 1. The van der Waals surface area contributed by atoms with Gasteiger partial charge in [-0.1, -0.05) is 51.4 Å². The molecule has 0 amide bonds. The molecule has 0 bridgehead atoms. The average molecular weight is 284 g/mol. The van der Waals surface area contributed by atoms with Gasteiger partial charge in [0.1, 0.15) is 6.10 Å². The molecule has 0 aromatic carbocycles. The summed E-state index contributed by atoms with van der Waals surface area (Å²) in [5.74, 6) is -0.519. The van der Waals surface area contributed by atoms with E-state index in [1.54, 1.807) is 6.92 Å². The first-order valence-corrected chi connectivity index (χ1v) is 7.99. The first kappa shape index (κ1) is 17.2. The van der Waals surface area contributed by atoms with Crippen LogP contribution < -0.4 is 0 Å². The number of hydrogen-bond donors (Lipinski definition) is 1. The SMILES string of the molecule is CC(=O)C1OC1CCCCCCCCCCCC(=O)O. The third-order valence-electron chi connectivity index (χ3n) is 3.86. The zero-order valence-corrected chi connectivity index (χ0v) is 12.6. The zero-order chi connectivity index (χ0) is 14.8. The molecule has 0 spiro atoms. The number of carboxylic acid groups (broad SMARTS) is 1. The Morgan fingerprint density at radius 1 is 0.900 bits per heavy atom. The van der Waals surface area contributed by atoms with Crippen molar-refractivity contribution in [2.45, 2.75) is 89.8 Å². The van der Waals surface area contributed by atoms with Crippen molar-refractivity contribution >= 4 is 11.8 Å². The third kappa shape index (κ3) is 8.31. The largest absolute Gasteiger partial charge is 0.481 e. The van der Waals surface area contributed by atoms with E-state index in [-0.39, 0.29) is 18.0 Å². The number of ether oxygens (including phenoxy) is 1. The lowest BCUT2D eigenvalue weighted by Gasteiger charge is -2.01. The van der Waals surface area contributed by atoms with Crippen LogP contribution in [0.1, 0.15) is 77.6 Å². The molecule has 1 rings (SSSR count). The lowest BCUT2D eigenvalue weighted by Crippen LogP contribution is -2.04. The second kappa shape index (κ2) is 9.92. The van der Waals surface area contributed by atoms with Crippen molar-refractivity contribution in [3.8, 4) is 0 Å². The van der Waals surface area contributed by atoms with Crippen LogP contribution in [0.25, 0.3) is 0 Å². The van der Waals surface area contributed by atoms with Gasteiger partial charge < -0.3 is 9.84 Å². The van der Waals surface area contributed by atoms with Gasteiger partial charge in [0.25, 0.3) is 0 Å². The number of carbonyl (C=O) groups is 2. The van der Waals surface area contributed by atoms with Crippen LogP contribution in [-0.4, -0.2) is 29.1 Å². The molecule has 1 saturated heterocycles. The van der Waals surface area contributed by atoms with Crippen molar-refractivity contribution in [2.75, 3.05) is 0 Å². The van der Waals surface area contributed by atoms with Gasteiger partial charge >= 0.3 is 5.97 Å². The number of carbonyl (C=O) groups excluding carboxylic acids is 1. The number of Topliss-reactive ketones (excluding diaryl/α,β-unsaturated/α-hetero) is 1. The van der Waals surface area contributed by atoms with Crippen molar-refractivity contribution in [3.05, 3.63) is 0 Å². The van der Waals surface area contributed by atoms with Crippen molar-refractivity contribution < 1.29 is 19.4 Å². The predicted molar refractivity (Wildman–Crippen MR) is 77.8 cm³/mol. The minimum atomic E-state index is -0.684. The van der Waals surface area contributed by atoms with E-state index in [1.807, 2.05) is 0 Å². The number of aliphatic carboxylic acids is 1. The molecule has 1 aliphatic rings. The normalized spacial score (nSPS) is 20.9. The summed E-state index contributed by atoms with van der Waals surface area (Å²) in [7, 11) is 0. The van der Waals surface area contributed by atoms with Gasteiger partial charge in [0, 0.05) is 6.42 Å². The second-order valence-electron chi connectivity index (χ2n) is 5.82. The van der Waals surface area contributed by atoms with Gasteiger partial charge in [-0.3, -0.25) is 9.59 Å². The van der Waals surface area contributed by atoms with Crippen molar-refractivity contribution in [1.82, 2.24) is 0 Å². The summed E-state index contributed by atoms with van der Waals surface area (Å²) < 4.78 is 5.29. The van der Waals surface area contributed by atoms with Gasteiger partial charge in [-0.2, -0.15) is 0 Å². The van der Waals surface area contributed by atoms with Crippen LogP contribution in [0.3, 0.4) is 0 Å². The van der Waals surface area contributed by atoms with Crippen molar-refractivity contribution in [2.24, 2.45) is 0 Å². The van der Waals surface area contributed by atoms with Crippen LogP contribution in [0.5, 0.6) is 0 Å². The molecular weight excluding hydrogens is 256 g/mol. The van der Waals surface area contributed by atoms with E-state index in [4.69, 9.17) is 9.84 Å². The Kier molecular flexibility index (Phi) is 8.51. The fourth-order valence-corrected chi connectivity index (χ4v) is 2.58. The van der Waals surface area contributed by atoms with Gasteiger partial charge in [0.15, 0.2) is 5.78 Å². The quantitative estimate of drug-likeness (QED) is 0.413. The summed E-state index contributed by atoms with van der Waals surface area (Å²) in [6.07, 6.45) is 11.8. The molecule has 20 heavy (non-hydrogen) atoms. The topological polar surface area (TPSA) is 66.9 Å². The van der Waals surface area contributed by atoms with E-state index >= 15 is 0 Å². The van der Waals surface area contributed by atoms with E-state index in [0.29, 0.717) is 6.42 Å². The zero-order valence-electron chi connectivity index (χ0n) is 12.6. The van der Waals surface area contributed by atoms with E-state index in [0.717, 1.165) is 32.1 Å². The van der Waals surface area contributed by atoms with Crippen LogP contribution in [-0.2, 0) is 14.3 Å². The molecule has 0 radical (unpaired) electrons. The van der Waals surface area contributed by atoms with Gasteiger partial charge in [-0.15, -0.1) is 0 Å². The molecule has 0 aromatic heterocycles. The number of unbranched alkanes of at least 4 members (excludes halogenated alkanes) is 8. The van der Waals surface area contributed by atoms with Gasteiger partial charge in [0.2, 0.25) is 0 Å². The van der Waals surface area contributed by atoms with Crippen LogP contribution in [0.15, 0.2) is 0 Å². The van der Waals surface area contributed by atoms with Crippen molar-refractivity contribution in [1.29, 1.82) is 0 Å². The maximum atomic E-state index is 11.0. The van der Waals surface area contributed by atoms with E-state index < -0.39 is 5.97 Å². The van der Waals surface area contributed by atoms with Gasteiger partial charge in [-0.25, -0.2) is 0 Å². The first-order valence-electron chi connectivity index (χ1n) is 7.99. The lowest BCUT2D eigenvalue weighted by molar-refractivity contribution is -0.137. The monoisotopic (exact) mass is 284 g/mol. The molecule has 1 aliphatic heterocycles. The number of carboxylic acids is 1. The highest BCUT2D eigenvalue weighted by Crippen LogP contribution is 2.28. The molecule has 1 N–H and O–H groups in total. The summed E-state index contributed by atoms with van der Waals surface area (Å²) in [5, 5.41) is 8.50. The Labute approximate surface area is 121 Å². The highest BCUT2D eigenvalue weighted by molar-refractivity contribution is 5.83. The standard InChI is InChI=1S/C16H28O4/c1-13(17)16-14(20-16)11-9-7-5-3-2-4-6-8-10-12-15(18)19/h14,16H,2-12H2,1H3,(H,18,19). The molecule has 0 aromatic rings. The second-order valence-corrected chi connectivity index (χ2v) is 5.82. The summed E-state index contributed by atoms with van der Waals surface area (Å²) in [5.41, 5.74) is 0. The Bertz CT molecular complexity index is 301. The molecule has 0 saturated carbocycles. The van der Waals surface area contributed by atoms with Gasteiger partial charge in [-0.05, 0) is 19.8 Å². The average Bonchev–Trinajstić information content (AvgIpc) is 3.15. The van der Waals surface area contributed by atoms with Crippen LogP contribution in [0, 0.1) is 0 Å². The fourth-order valence-electron chi connectivity index (χ4n) is 2.58. The summed E-state index contributed by atoms with van der Waals surface area (Å²) in [4.78, 5) is 21.3. The Hall–Kier alpha value is -0.900. The Morgan fingerprint density at radius 2 is 1.40 bits per heavy atom. The van der Waals surface area contributed by atoms with E-state index in [1.165, 1.54) is 32.1 Å². The van der Waals surface area contributed by atoms with Crippen LogP contribution in [0.4, 0.5) is 0 Å². The Morgan fingerprint density at radius 3 is 1.85 bits per heavy atom. The minimum Gasteiger partial charge on any atom is -0.481 e. The number of epoxide rings is 1. The van der Waals surface area contributed by atoms with E-state index in [9.17, 15) is 9.59 Å². The minimum absolute atomic E-state index is 0.0965. The van der Waals surface area contributed by atoms with E-state index in [2.05, 4.69) is 0 Å². The van der Waals surface area contributed by atoms with Gasteiger partial charge in [0.05, 0.1) is 6.10 Å². The number of rotatable bonds is 13. The first-order chi connectivity index (χ1) is 9.61. The maximum Gasteiger partial charge on any atom is 0.303 e. The third-order valence-corrected chi connectivity index (χ3v) is 3.86. The van der Waals surface area contributed by atoms with Crippen LogP contribution in [0.2, 0.25) is 0 Å². The highest BCUT2D eigenvalue weighted by atomic mass is 16.6. The molecular formula is C16H28O4. The lowest BCUT2D eigenvalue weighted by atomic mass is 10.0. The molecule has 4 heteroatoms. The predicted octanol–water partition coefficient (Wildman–Crippen LogP) is 3.72. The highest BCUT2D eigenvalue weighted by Gasteiger charge is 2.41. The fraction of sp³-hybridized carbons (Fsp3) is 0.875. The molecule has 1 fully saturated rings. The number of hydrogen-bond acceptors (Lipinski definition) is 3. The summed E-state index contributed by atoms with van der Waals surface area (Å²) in [6.45, 7) is 1.60. The summed E-state index contributed by atoms with van der Waals surface area (Å²) in [6, 6.07) is 0. The maximum absolute atomic E-state index is 11.0. The Balaban J connectivity index is 1.73. The molecule has 4 nitrogen and oxygen atoms in total. The van der Waals surface area contributed by atoms with Crippen molar-refractivity contribution in [3.63, 3.8) is 0 Å². The molecule has 2 atom stereocenters. The molecule has 0 aliphatic carbocycles. The molecule has 116 valence electrons. The summed E-state index contributed by atoms with van der Waals surface area (Å²) >= 11 is 0. The van der Waals surface area contributed by atoms with Crippen LogP contribution >= 0.6 is 0 Å². The molecule has 1 heterocycles.